The highest BCUT2D eigenvalue weighted by Gasteiger charge is 2.17. The van der Waals surface area contributed by atoms with E-state index in [1.807, 2.05) is 0 Å². The number of methoxy groups -OCH3 is 4. The molecule has 1 N–H and O–H groups in total. The molecule has 0 aliphatic rings. The highest BCUT2D eigenvalue weighted by Crippen LogP contribution is 2.38. The van der Waals surface area contributed by atoms with E-state index in [4.69, 9.17) is 23.8 Å². The third-order valence-corrected chi connectivity index (χ3v) is 4.62. The molecule has 0 radical (unpaired) electrons. The smallest absolute Gasteiger partial charge is 0.366 e. The van der Waals surface area contributed by atoms with Crippen LogP contribution in [0.5, 0.6) is 23.0 Å². The number of benzene rings is 3. The molecule has 0 atom stereocenters. The number of ether oxygens (including phenoxy) is 4. The fourth-order valence-corrected chi connectivity index (χ4v) is 2.94. The number of hydrogen-bond acceptors (Lipinski definition) is 9. The molecule has 3 aromatic carbocycles. The molecule has 0 saturated heterocycles. The average molecular weight is 465 g/mol. The molecule has 34 heavy (non-hydrogen) atoms. The number of azo groups is 1. The molecule has 10 heteroatoms. The van der Waals surface area contributed by atoms with Crippen LogP contribution in [0.2, 0.25) is 0 Å². The highest BCUT2D eigenvalue weighted by atomic mass is 16.7. The lowest BCUT2D eigenvalue weighted by Crippen LogP contribution is -2.11. The zero-order valence-corrected chi connectivity index (χ0v) is 19.0. The van der Waals surface area contributed by atoms with E-state index in [-0.39, 0.29) is 11.1 Å². The lowest BCUT2D eigenvalue weighted by molar-refractivity contribution is 0.0592. The van der Waals surface area contributed by atoms with Gasteiger partial charge in [-0.3, -0.25) is 4.79 Å². The molecule has 0 saturated carbocycles. The van der Waals surface area contributed by atoms with Crippen molar-refractivity contribution in [1.29, 1.82) is 0 Å². The Bertz CT molecular complexity index is 1170. The van der Waals surface area contributed by atoms with Gasteiger partial charge < -0.3 is 23.8 Å². The number of amides is 1. The van der Waals surface area contributed by atoms with Crippen LogP contribution in [-0.4, -0.2) is 40.3 Å². The maximum absolute atomic E-state index is 12.5. The Morgan fingerprint density at radius 2 is 1.38 bits per heavy atom. The summed E-state index contributed by atoms with van der Waals surface area (Å²) in [5.41, 5.74) is 3.99. The first-order chi connectivity index (χ1) is 16.5. The van der Waals surface area contributed by atoms with Crippen molar-refractivity contribution in [3.05, 3.63) is 71.8 Å². The quantitative estimate of drug-likeness (QED) is 0.353. The predicted octanol–water partition coefficient (Wildman–Crippen LogP) is 4.83. The molecule has 0 spiro atoms. The van der Waals surface area contributed by atoms with E-state index in [2.05, 4.69) is 15.7 Å². The van der Waals surface area contributed by atoms with Gasteiger partial charge in [0.25, 0.3) is 5.91 Å². The van der Waals surface area contributed by atoms with E-state index in [0.717, 1.165) is 0 Å². The van der Waals surface area contributed by atoms with Gasteiger partial charge in [-0.15, -0.1) is 10.2 Å². The normalized spacial score (nSPS) is 10.5. The number of anilines is 1. The molecule has 176 valence electrons. The number of nitrogens with one attached hydrogen (secondary N) is 1. The van der Waals surface area contributed by atoms with Crippen LogP contribution in [0, 0.1) is 0 Å². The Balaban J connectivity index is 1.65. The number of hydrogen-bond donors (Lipinski definition) is 1. The molecular weight excluding hydrogens is 442 g/mol. The number of nitrogens with zero attached hydrogens (tertiary/aromatic N) is 2. The van der Waals surface area contributed by atoms with Crippen molar-refractivity contribution < 1.29 is 33.4 Å². The van der Waals surface area contributed by atoms with Gasteiger partial charge in [0.2, 0.25) is 5.75 Å². The topological polar surface area (TPSA) is 117 Å². The van der Waals surface area contributed by atoms with Crippen LogP contribution in [0.25, 0.3) is 0 Å². The van der Waals surface area contributed by atoms with Crippen LogP contribution >= 0.6 is 0 Å². The first-order valence-electron chi connectivity index (χ1n) is 9.97. The zero-order valence-electron chi connectivity index (χ0n) is 19.0. The average Bonchev–Trinajstić information content (AvgIpc) is 2.89. The largest absolute Gasteiger partial charge is 0.496 e. The predicted molar refractivity (Wildman–Crippen MR) is 123 cm³/mol. The van der Waals surface area contributed by atoms with Gasteiger partial charge in [-0.25, -0.2) is 10.3 Å². The molecule has 3 rings (SSSR count). The molecule has 0 unspecified atom stereocenters. The summed E-state index contributed by atoms with van der Waals surface area (Å²) in [7, 11) is 5.85. The van der Waals surface area contributed by atoms with E-state index in [0.29, 0.717) is 34.4 Å². The van der Waals surface area contributed by atoms with Crippen molar-refractivity contribution in [3.8, 4) is 23.0 Å². The summed E-state index contributed by atoms with van der Waals surface area (Å²) in [6.45, 7) is 0. The molecule has 0 aromatic heterocycles. The minimum absolute atomic E-state index is 0.222. The number of carbonyl (C=O) groups is 2. The fourth-order valence-electron chi connectivity index (χ4n) is 2.94. The molecule has 0 fully saturated rings. The summed E-state index contributed by atoms with van der Waals surface area (Å²) in [5.74, 6) is 0.246. The molecule has 0 aliphatic carbocycles. The molecule has 10 nitrogen and oxygen atoms in total. The molecular formula is C24H23N3O7. The third kappa shape index (κ3) is 5.60. The van der Waals surface area contributed by atoms with Crippen LogP contribution < -0.4 is 24.4 Å². The van der Waals surface area contributed by atoms with E-state index < -0.39 is 11.9 Å². The van der Waals surface area contributed by atoms with Crippen molar-refractivity contribution in [2.24, 2.45) is 10.2 Å². The minimum atomic E-state index is -0.600. The fraction of sp³-hybridized carbons (Fsp3) is 0.167. The maximum atomic E-state index is 12.5. The lowest BCUT2D eigenvalue weighted by atomic mass is 10.1. The van der Waals surface area contributed by atoms with Gasteiger partial charge in [-0.1, -0.05) is 12.1 Å². The number of para-hydroxylation sites is 1. The van der Waals surface area contributed by atoms with Gasteiger partial charge in [0.1, 0.15) is 11.3 Å². The Morgan fingerprint density at radius 1 is 0.765 bits per heavy atom. The minimum Gasteiger partial charge on any atom is -0.496 e. The summed E-state index contributed by atoms with van der Waals surface area (Å²) in [6, 6.07) is 16.1. The Hall–Kier alpha value is -4.60. The summed E-state index contributed by atoms with van der Waals surface area (Å²) in [5, 5.41) is 7.70. The maximum Gasteiger partial charge on any atom is 0.366 e. The lowest BCUT2D eigenvalue weighted by Gasteiger charge is -2.12. The van der Waals surface area contributed by atoms with E-state index in [1.54, 1.807) is 48.5 Å². The second kappa shape index (κ2) is 11.3. The molecule has 3 aromatic rings. The van der Waals surface area contributed by atoms with Crippen LogP contribution in [0.4, 0.5) is 11.4 Å². The molecule has 0 aliphatic heterocycles. The summed E-state index contributed by atoms with van der Waals surface area (Å²) >= 11 is 0. The second-order valence-corrected chi connectivity index (χ2v) is 6.66. The van der Waals surface area contributed by atoms with E-state index in [1.165, 1.54) is 40.6 Å². The number of carbonyl (C=O) groups excluding carboxylic acids is 2. The Morgan fingerprint density at radius 3 is 1.97 bits per heavy atom. The van der Waals surface area contributed by atoms with E-state index >= 15 is 0 Å². The van der Waals surface area contributed by atoms with Gasteiger partial charge in [0.15, 0.2) is 11.5 Å². The second-order valence-electron chi connectivity index (χ2n) is 6.66. The molecule has 0 heterocycles. The van der Waals surface area contributed by atoms with Gasteiger partial charge in [0.05, 0.1) is 45.4 Å². The monoisotopic (exact) mass is 465 g/mol. The number of rotatable bonds is 9. The Labute approximate surface area is 196 Å². The first kappa shape index (κ1) is 24.1. The molecule has 0 bridgehead atoms. The van der Waals surface area contributed by atoms with Crippen LogP contribution in [0.3, 0.4) is 0 Å². The van der Waals surface area contributed by atoms with Crippen molar-refractivity contribution in [1.82, 2.24) is 0 Å². The van der Waals surface area contributed by atoms with Crippen LogP contribution in [0.15, 0.2) is 70.9 Å². The first-order valence-corrected chi connectivity index (χ1v) is 9.97. The zero-order chi connectivity index (χ0) is 24.5. The standard InChI is InChI=1S/C24H23N3O7/c1-30-19-8-6-5-7-18(19)24(29)34-27-17-11-9-16(10-12-17)25-26-23(28)15-13-20(31-2)22(33-4)21(14-15)32-3/h5-14,27H,1-4H3. The van der Waals surface area contributed by atoms with Gasteiger partial charge in [0, 0.05) is 0 Å². The Kier molecular flexibility index (Phi) is 8.01. The third-order valence-electron chi connectivity index (χ3n) is 4.62. The van der Waals surface area contributed by atoms with Crippen molar-refractivity contribution in [3.63, 3.8) is 0 Å². The van der Waals surface area contributed by atoms with Crippen molar-refractivity contribution in [2.45, 2.75) is 0 Å². The van der Waals surface area contributed by atoms with Gasteiger partial charge >= 0.3 is 5.97 Å². The van der Waals surface area contributed by atoms with Crippen LogP contribution in [0.1, 0.15) is 20.7 Å². The van der Waals surface area contributed by atoms with E-state index in [9.17, 15) is 9.59 Å². The molecule has 1 amide bonds. The van der Waals surface area contributed by atoms with Crippen molar-refractivity contribution in [2.75, 3.05) is 33.9 Å². The van der Waals surface area contributed by atoms with Crippen molar-refractivity contribution >= 4 is 23.3 Å². The summed E-state index contributed by atoms with van der Waals surface area (Å²) in [4.78, 5) is 29.8. The highest BCUT2D eigenvalue weighted by molar-refractivity contribution is 5.96. The van der Waals surface area contributed by atoms with Gasteiger partial charge in [-0.2, -0.15) is 0 Å². The van der Waals surface area contributed by atoms with Gasteiger partial charge in [-0.05, 0) is 48.5 Å². The SMILES string of the molecule is COc1ccccc1C(=O)ONc1ccc(N=NC(=O)c2cc(OC)c(OC)c(OC)c2)cc1. The summed E-state index contributed by atoms with van der Waals surface area (Å²) < 4.78 is 20.9. The summed E-state index contributed by atoms with van der Waals surface area (Å²) in [6.07, 6.45) is 0. The van der Waals surface area contributed by atoms with Crippen LogP contribution in [-0.2, 0) is 4.84 Å².